The highest BCUT2D eigenvalue weighted by molar-refractivity contribution is 7.58. The number of hydrogen-bond acceptors (Lipinski definition) is 3. The normalized spacial score (nSPS) is 9.76. The lowest BCUT2D eigenvalue weighted by molar-refractivity contribution is 0.0826. The Bertz CT molecular complexity index is 475. The first-order chi connectivity index (χ1) is 8.02. The van der Waals surface area contributed by atoms with Crippen molar-refractivity contribution in [3.63, 3.8) is 0 Å². The maximum absolute atomic E-state index is 12.1. The molecule has 3 nitrogen and oxygen atoms in total. The van der Waals surface area contributed by atoms with Crippen molar-refractivity contribution < 1.29 is 4.79 Å². The van der Waals surface area contributed by atoms with Crippen LogP contribution in [0.5, 0.6) is 0 Å². The molecule has 0 bridgehead atoms. The van der Waals surface area contributed by atoms with Gasteiger partial charge in [0.25, 0.3) is 5.91 Å². The van der Waals surface area contributed by atoms with Crippen LogP contribution in [0.3, 0.4) is 0 Å². The van der Waals surface area contributed by atoms with Crippen molar-refractivity contribution in [2.75, 3.05) is 14.1 Å². The Hall–Kier alpha value is -1.60. The van der Waals surface area contributed by atoms with Gasteiger partial charge in [-0.15, -0.1) is 0 Å². The van der Waals surface area contributed by atoms with Gasteiger partial charge in [-0.2, -0.15) is 10.2 Å². The van der Waals surface area contributed by atoms with E-state index in [2.05, 4.69) is 6.07 Å². The predicted octanol–water partition coefficient (Wildman–Crippen LogP) is 2.12. The standard InChI is InChI=1S/C13H16N2OS/c1-4-5-10-11(17)7-6-9(8-14)12(10)13(16)15(2)3/h6-7,17H,4-5H2,1-3H3/p-1. The van der Waals surface area contributed by atoms with Crippen LogP contribution in [0.4, 0.5) is 0 Å². The van der Waals surface area contributed by atoms with E-state index in [4.69, 9.17) is 17.9 Å². The van der Waals surface area contributed by atoms with E-state index < -0.39 is 0 Å². The van der Waals surface area contributed by atoms with Crippen LogP contribution in [0.15, 0.2) is 17.0 Å². The summed E-state index contributed by atoms with van der Waals surface area (Å²) in [5.74, 6) is -0.156. The molecule has 0 radical (unpaired) electrons. The second kappa shape index (κ2) is 5.65. The molecular weight excluding hydrogens is 232 g/mol. The van der Waals surface area contributed by atoms with Gasteiger partial charge in [0.2, 0.25) is 0 Å². The summed E-state index contributed by atoms with van der Waals surface area (Å²) < 4.78 is 0. The van der Waals surface area contributed by atoms with Gasteiger partial charge in [-0.25, -0.2) is 0 Å². The Balaban J connectivity index is 3.46. The largest absolute Gasteiger partial charge is 0.779 e. The lowest BCUT2D eigenvalue weighted by atomic mass is 9.97. The molecule has 1 aromatic carbocycles. The van der Waals surface area contributed by atoms with Crippen LogP contribution in [0, 0.1) is 11.3 Å². The Kier molecular flexibility index (Phi) is 4.47. The van der Waals surface area contributed by atoms with Crippen LogP contribution >= 0.6 is 0 Å². The van der Waals surface area contributed by atoms with Crippen LogP contribution in [0.2, 0.25) is 0 Å². The summed E-state index contributed by atoms with van der Waals surface area (Å²) in [4.78, 5) is 14.2. The number of benzene rings is 1. The van der Waals surface area contributed by atoms with Gasteiger partial charge in [0, 0.05) is 14.1 Å². The molecule has 1 aromatic rings. The molecule has 0 N–H and O–H groups in total. The van der Waals surface area contributed by atoms with E-state index in [1.54, 1.807) is 26.2 Å². The Morgan fingerprint density at radius 1 is 1.47 bits per heavy atom. The Labute approximate surface area is 107 Å². The molecule has 90 valence electrons. The van der Waals surface area contributed by atoms with Gasteiger partial charge in [0.1, 0.15) is 0 Å². The summed E-state index contributed by atoms with van der Waals surface area (Å²) in [5.41, 5.74) is 1.69. The van der Waals surface area contributed by atoms with E-state index >= 15 is 0 Å². The van der Waals surface area contributed by atoms with E-state index in [0.29, 0.717) is 16.0 Å². The van der Waals surface area contributed by atoms with Gasteiger partial charge in [0.15, 0.2) is 0 Å². The highest BCUT2D eigenvalue weighted by atomic mass is 32.1. The van der Waals surface area contributed by atoms with Crippen molar-refractivity contribution in [3.8, 4) is 6.07 Å². The van der Waals surface area contributed by atoms with Crippen LogP contribution in [-0.2, 0) is 19.0 Å². The average Bonchev–Trinajstić information content (AvgIpc) is 2.30. The fraction of sp³-hybridized carbons (Fsp3) is 0.385. The molecule has 0 aliphatic carbocycles. The highest BCUT2D eigenvalue weighted by Crippen LogP contribution is 2.22. The molecular formula is C13H15N2OS-. The fourth-order valence-corrected chi connectivity index (χ4v) is 1.96. The average molecular weight is 247 g/mol. The summed E-state index contributed by atoms with van der Waals surface area (Å²) in [6, 6.07) is 5.41. The van der Waals surface area contributed by atoms with Crippen molar-refractivity contribution in [1.82, 2.24) is 4.90 Å². The van der Waals surface area contributed by atoms with E-state index in [1.807, 2.05) is 6.92 Å². The number of nitrogens with zero attached hydrogens (tertiary/aromatic N) is 2. The third-order valence-electron chi connectivity index (χ3n) is 2.51. The minimum Gasteiger partial charge on any atom is -0.779 e. The first kappa shape index (κ1) is 13.5. The lowest BCUT2D eigenvalue weighted by Gasteiger charge is -2.21. The van der Waals surface area contributed by atoms with Crippen LogP contribution in [0.1, 0.15) is 34.8 Å². The molecule has 0 unspecified atom stereocenters. The van der Waals surface area contributed by atoms with Crippen molar-refractivity contribution in [3.05, 3.63) is 28.8 Å². The molecule has 0 spiro atoms. The minimum atomic E-state index is -0.156. The van der Waals surface area contributed by atoms with Gasteiger partial charge in [-0.3, -0.25) is 4.79 Å². The van der Waals surface area contributed by atoms with Crippen LogP contribution in [0.25, 0.3) is 0 Å². The molecule has 0 aromatic heterocycles. The number of carbonyl (C=O) groups is 1. The molecule has 0 saturated carbocycles. The van der Waals surface area contributed by atoms with Gasteiger partial charge in [-0.05, 0) is 12.5 Å². The topological polar surface area (TPSA) is 44.1 Å². The third kappa shape index (κ3) is 2.75. The zero-order valence-electron chi connectivity index (χ0n) is 10.3. The fourth-order valence-electron chi connectivity index (χ4n) is 1.69. The summed E-state index contributed by atoms with van der Waals surface area (Å²) in [6.45, 7) is 2.03. The Morgan fingerprint density at radius 2 is 2.12 bits per heavy atom. The highest BCUT2D eigenvalue weighted by Gasteiger charge is 2.17. The lowest BCUT2D eigenvalue weighted by Crippen LogP contribution is -2.24. The van der Waals surface area contributed by atoms with E-state index in [1.165, 1.54) is 4.90 Å². The molecule has 0 saturated heterocycles. The first-order valence-electron chi connectivity index (χ1n) is 5.47. The van der Waals surface area contributed by atoms with Gasteiger partial charge < -0.3 is 17.5 Å². The smallest absolute Gasteiger partial charge is 0.254 e. The summed E-state index contributed by atoms with van der Waals surface area (Å²) in [6.07, 6.45) is 1.62. The molecule has 0 aliphatic rings. The number of rotatable bonds is 3. The molecule has 1 rings (SSSR count). The molecule has 17 heavy (non-hydrogen) atoms. The summed E-state index contributed by atoms with van der Waals surface area (Å²) >= 11 is 5.24. The van der Waals surface area contributed by atoms with E-state index in [-0.39, 0.29) is 5.91 Å². The molecule has 0 fully saturated rings. The molecule has 0 heterocycles. The van der Waals surface area contributed by atoms with Crippen molar-refractivity contribution in [2.45, 2.75) is 24.7 Å². The summed E-state index contributed by atoms with van der Waals surface area (Å²) in [7, 11) is 3.35. The van der Waals surface area contributed by atoms with Gasteiger partial charge in [-0.1, -0.05) is 25.0 Å². The molecule has 0 atom stereocenters. The molecule has 1 amide bonds. The monoisotopic (exact) mass is 247 g/mol. The summed E-state index contributed by atoms with van der Waals surface area (Å²) in [5, 5.41) is 9.08. The van der Waals surface area contributed by atoms with Gasteiger partial charge >= 0.3 is 0 Å². The van der Waals surface area contributed by atoms with E-state index in [0.717, 1.165) is 18.4 Å². The number of amides is 1. The predicted molar refractivity (Wildman–Crippen MR) is 68.8 cm³/mol. The SMILES string of the molecule is CCCc1c([S-])ccc(C#N)c1C(=O)N(C)C. The molecule has 0 aliphatic heterocycles. The van der Waals surface area contributed by atoms with Crippen LogP contribution < -0.4 is 0 Å². The maximum Gasteiger partial charge on any atom is 0.254 e. The van der Waals surface area contributed by atoms with Crippen LogP contribution in [-0.4, -0.2) is 24.9 Å². The zero-order chi connectivity index (χ0) is 13.0. The second-order valence-electron chi connectivity index (χ2n) is 4.03. The quantitative estimate of drug-likeness (QED) is 0.768. The minimum absolute atomic E-state index is 0.156. The molecule has 4 heteroatoms. The third-order valence-corrected chi connectivity index (χ3v) is 2.89. The second-order valence-corrected chi connectivity index (χ2v) is 4.47. The van der Waals surface area contributed by atoms with Crippen molar-refractivity contribution in [1.29, 1.82) is 5.26 Å². The van der Waals surface area contributed by atoms with Crippen molar-refractivity contribution in [2.24, 2.45) is 0 Å². The van der Waals surface area contributed by atoms with Gasteiger partial charge in [0.05, 0.1) is 17.2 Å². The van der Waals surface area contributed by atoms with Crippen molar-refractivity contribution >= 4 is 18.5 Å². The first-order valence-corrected chi connectivity index (χ1v) is 5.88. The zero-order valence-corrected chi connectivity index (χ0v) is 11.1. The number of nitriles is 1. The number of carbonyl (C=O) groups excluding carboxylic acids is 1. The maximum atomic E-state index is 12.1. The Morgan fingerprint density at radius 3 is 2.59 bits per heavy atom. The van der Waals surface area contributed by atoms with E-state index in [9.17, 15) is 4.79 Å². The number of hydrogen-bond donors (Lipinski definition) is 0.